The maximum absolute atomic E-state index is 11.3. The van der Waals surface area contributed by atoms with E-state index in [4.69, 9.17) is 5.11 Å². The van der Waals surface area contributed by atoms with Gasteiger partial charge in [0.15, 0.2) is 0 Å². The summed E-state index contributed by atoms with van der Waals surface area (Å²) in [7, 11) is -2.47. The summed E-state index contributed by atoms with van der Waals surface area (Å²) in [5, 5.41) is 8.53. The average molecular weight is 253 g/mol. The predicted octanol–water partition coefficient (Wildman–Crippen LogP) is -0.810. The number of carboxylic acid groups (broad SMARTS) is 1. The molecule has 0 aliphatic heterocycles. The Balaban J connectivity index is 4.06. The smallest absolute Gasteiger partial charge is 0.307 e. The highest BCUT2D eigenvalue weighted by Gasteiger charge is 2.17. The second kappa shape index (κ2) is 6.44. The molecule has 0 saturated carbocycles. The van der Waals surface area contributed by atoms with Gasteiger partial charge in [0, 0.05) is 6.54 Å². The zero-order valence-electron chi connectivity index (χ0n) is 9.10. The Morgan fingerprint density at radius 1 is 1.44 bits per heavy atom. The molecular weight excluding hydrogens is 238 g/mol. The van der Waals surface area contributed by atoms with Crippen LogP contribution in [0.4, 0.5) is 0 Å². The highest BCUT2D eigenvalue weighted by Crippen LogP contribution is 1.96. The van der Waals surface area contributed by atoms with Crippen molar-refractivity contribution in [1.29, 1.82) is 0 Å². The van der Waals surface area contributed by atoms with Crippen LogP contribution in [-0.4, -0.2) is 44.9 Å². The van der Waals surface area contributed by atoms with Gasteiger partial charge in [-0.25, -0.2) is 13.1 Å². The van der Waals surface area contributed by atoms with Gasteiger partial charge in [-0.1, -0.05) is 6.92 Å². The van der Waals surface area contributed by atoms with Crippen molar-refractivity contribution in [2.75, 3.05) is 19.4 Å². The lowest BCUT2D eigenvalue weighted by Crippen LogP contribution is -2.33. The Bertz CT molecular complexity index is 350. The molecule has 1 atom stereocenters. The molecule has 0 bridgehead atoms. The first-order valence-corrected chi connectivity index (χ1v) is 6.20. The Morgan fingerprint density at radius 3 is 2.44 bits per heavy atom. The van der Waals surface area contributed by atoms with Crippen LogP contribution >= 0.6 is 0 Å². The van der Waals surface area contributed by atoms with E-state index in [-0.39, 0.29) is 13.0 Å². The third-order valence-electron chi connectivity index (χ3n) is 1.83. The van der Waals surface area contributed by atoms with Gasteiger partial charge in [0.25, 0.3) is 0 Å². The van der Waals surface area contributed by atoms with Gasteiger partial charge in [0.1, 0.15) is 0 Å². The first kappa shape index (κ1) is 14.8. The van der Waals surface area contributed by atoms with Crippen molar-refractivity contribution in [1.82, 2.24) is 4.72 Å². The normalized spacial score (nSPS) is 13.1. The number of rotatable bonds is 7. The highest BCUT2D eigenvalue weighted by atomic mass is 32.2. The van der Waals surface area contributed by atoms with E-state index >= 15 is 0 Å². The number of esters is 1. The SMILES string of the molecule is COC(=O)CCS(=O)(=O)NCC(C)C(=O)O. The molecule has 1 unspecified atom stereocenters. The summed E-state index contributed by atoms with van der Waals surface area (Å²) in [5.41, 5.74) is 0. The lowest BCUT2D eigenvalue weighted by atomic mass is 10.2. The van der Waals surface area contributed by atoms with Crippen molar-refractivity contribution in [2.24, 2.45) is 5.92 Å². The molecule has 0 saturated heterocycles. The minimum Gasteiger partial charge on any atom is -0.481 e. The fraction of sp³-hybridized carbons (Fsp3) is 0.750. The second-order valence-corrected chi connectivity index (χ2v) is 5.16. The van der Waals surface area contributed by atoms with Gasteiger partial charge in [-0.2, -0.15) is 0 Å². The van der Waals surface area contributed by atoms with E-state index < -0.39 is 33.6 Å². The standard InChI is InChI=1S/C8H15NO6S/c1-6(8(11)12)5-9-16(13,14)4-3-7(10)15-2/h6,9H,3-5H2,1-2H3,(H,11,12). The third-order valence-corrected chi connectivity index (χ3v) is 3.18. The number of hydrogen-bond donors (Lipinski definition) is 2. The summed E-state index contributed by atoms with van der Waals surface area (Å²) in [6, 6.07) is 0. The van der Waals surface area contributed by atoms with Crippen LogP contribution in [-0.2, 0) is 24.3 Å². The molecule has 0 radical (unpaired) electrons. The van der Waals surface area contributed by atoms with E-state index in [1.165, 1.54) is 6.92 Å². The highest BCUT2D eigenvalue weighted by molar-refractivity contribution is 7.89. The van der Waals surface area contributed by atoms with Gasteiger partial charge in [0.2, 0.25) is 10.0 Å². The van der Waals surface area contributed by atoms with Gasteiger partial charge >= 0.3 is 11.9 Å². The van der Waals surface area contributed by atoms with E-state index in [0.717, 1.165) is 7.11 Å². The van der Waals surface area contributed by atoms with Crippen LogP contribution in [0.1, 0.15) is 13.3 Å². The summed E-state index contributed by atoms with van der Waals surface area (Å²) >= 11 is 0. The molecule has 0 amide bonds. The van der Waals surface area contributed by atoms with Crippen LogP contribution < -0.4 is 4.72 Å². The predicted molar refractivity (Wildman–Crippen MR) is 55.2 cm³/mol. The zero-order chi connectivity index (χ0) is 12.8. The van der Waals surface area contributed by atoms with Crippen molar-refractivity contribution >= 4 is 22.0 Å². The molecule has 0 heterocycles. The lowest BCUT2D eigenvalue weighted by Gasteiger charge is -2.08. The van der Waals surface area contributed by atoms with Gasteiger partial charge in [-0.05, 0) is 0 Å². The minimum atomic E-state index is -3.63. The number of aliphatic carboxylic acids is 1. The summed E-state index contributed by atoms with van der Waals surface area (Å²) in [6.45, 7) is 1.18. The fourth-order valence-corrected chi connectivity index (χ4v) is 1.81. The molecule has 0 aliphatic carbocycles. The van der Waals surface area contributed by atoms with Crippen LogP contribution in [0.25, 0.3) is 0 Å². The van der Waals surface area contributed by atoms with E-state index in [1.807, 2.05) is 0 Å². The number of methoxy groups -OCH3 is 1. The maximum Gasteiger partial charge on any atom is 0.307 e. The number of carbonyl (C=O) groups is 2. The number of sulfonamides is 1. The summed E-state index contributed by atoms with van der Waals surface area (Å²) in [6.07, 6.45) is -0.257. The first-order valence-electron chi connectivity index (χ1n) is 4.55. The number of carbonyl (C=O) groups excluding carboxylic acids is 1. The number of hydrogen-bond acceptors (Lipinski definition) is 5. The van der Waals surface area contributed by atoms with E-state index in [0.29, 0.717) is 0 Å². The Hall–Kier alpha value is -1.15. The minimum absolute atomic E-state index is 0.196. The average Bonchev–Trinajstić information content (AvgIpc) is 2.22. The van der Waals surface area contributed by atoms with Crippen LogP contribution in [0.15, 0.2) is 0 Å². The van der Waals surface area contributed by atoms with Crippen LogP contribution in [0, 0.1) is 5.92 Å². The summed E-state index contributed by atoms with van der Waals surface area (Å²) in [5.74, 6) is -2.94. The second-order valence-electron chi connectivity index (χ2n) is 3.23. The molecule has 0 spiro atoms. The molecular formula is C8H15NO6S. The Morgan fingerprint density at radius 2 is 2.00 bits per heavy atom. The number of nitrogens with one attached hydrogen (secondary N) is 1. The largest absolute Gasteiger partial charge is 0.481 e. The molecule has 0 aromatic carbocycles. The van der Waals surface area contributed by atoms with Crippen LogP contribution in [0.3, 0.4) is 0 Å². The quantitative estimate of drug-likeness (QED) is 0.574. The molecule has 0 rings (SSSR count). The molecule has 94 valence electrons. The molecule has 2 N–H and O–H groups in total. The monoisotopic (exact) mass is 253 g/mol. The fourth-order valence-electron chi connectivity index (χ4n) is 0.731. The van der Waals surface area contributed by atoms with Crippen molar-refractivity contribution in [3.8, 4) is 0 Å². The van der Waals surface area contributed by atoms with Gasteiger partial charge in [-0.15, -0.1) is 0 Å². The summed E-state index contributed by atoms with van der Waals surface area (Å²) in [4.78, 5) is 21.1. The molecule has 0 aromatic heterocycles. The summed E-state index contributed by atoms with van der Waals surface area (Å²) < 4.78 is 28.9. The van der Waals surface area contributed by atoms with Crippen molar-refractivity contribution < 1.29 is 27.9 Å². The Labute approximate surface area is 93.8 Å². The maximum atomic E-state index is 11.3. The van der Waals surface area contributed by atoms with E-state index in [2.05, 4.69) is 9.46 Å². The van der Waals surface area contributed by atoms with Crippen molar-refractivity contribution in [3.05, 3.63) is 0 Å². The van der Waals surface area contributed by atoms with Gasteiger partial charge in [0.05, 0.1) is 25.2 Å². The molecule has 16 heavy (non-hydrogen) atoms. The van der Waals surface area contributed by atoms with E-state index in [9.17, 15) is 18.0 Å². The van der Waals surface area contributed by atoms with Crippen molar-refractivity contribution in [3.63, 3.8) is 0 Å². The molecule has 8 heteroatoms. The molecule has 0 fully saturated rings. The topological polar surface area (TPSA) is 110 Å². The molecule has 0 aromatic rings. The first-order chi connectivity index (χ1) is 7.28. The lowest BCUT2D eigenvalue weighted by molar-refractivity contribution is -0.141. The Kier molecular flexibility index (Phi) is 5.97. The molecule has 0 aliphatic rings. The van der Waals surface area contributed by atoms with Gasteiger partial charge < -0.3 is 9.84 Å². The van der Waals surface area contributed by atoms with Crippen molar-refractivity contribution in [2.45, 2.75) is 13.3 Å². The number of ether oxygens (including phenoxy) is 1. The zero-order valence-corrected chi connectivity index (χ0v) is 9.91. The number of carboxylic acids is 1. The van der Waals surface area contributed by atoms with E-state index in [1.54, 1.807) is 0 Å². The molecule has 7 nitrogen and oxygen atoms in total. The van der Waals surface area contributed by atoms with Crippen LogP contribution in [0.5, 0.6) is 0 Å². The van der Waals surface area contributed by atoms with Crippen LogP contribution in [0.2, 0.25) is 0 Å². The third kappa shape index (κ3) is 6.36. The van der Waals surface area contributed by atoms with Gasteiger partial charge in [-0.3, -0.25) is 9.59 Å².